The third kappa shape index (κ3) is 3.53. The molecule has 0 saturated carbocycles. The second kappa shape index (κ2) is 7.90. The molecule has 2 heterocycles. The van der Waals surface area contributed by atoms with Crippen molar-refractivity contribution in [1.29, 1.82) is 0 Å². The summed E-state index contributed by atoms with van der Waals surface area (Å²) in [7, 11) is -0.901. The van der Waals surface area contributed by atoms with Gasteiger partial charge in [-0.15, -0.1) is 0 Å². The normalized spacial score (nSPS) is 19.3. The molecule has 1 fully saturated rings. The number of para-hydroxylation sites is 1. The molecule has 2 aromatic rings. The van der Waals surface area contributed by atoms with Crippen molar-refractivity contribution >= 4 is 66.7 Å². The van der Waals surface area contributed by atoms with Gasteiger partial charge in [0.25, 0.3) is 0 Å². The molecule has 0 spiro atoms. The van der Waals surface area contributed by atoms with Crippen LogP contribution in [-0.2, 0) is 6.42 Å². The fourth-order valence-corrected chi connectivity index (χ4v) is 23.9. The van der Waals surface area contributed by atoms with E-state index in [2.05, 4.69) is 86.3 Å². The van der Waals surface area contributed by atoms with Crippen LogP contribution >= 0.6 is 55.4 Å². The molecule has 1 unspecified atom stereocenters. The number of benzene rings is 2. The molecule has 0 N–H and O–H groups in total. The second-order valence-electron chi connectivity index (χ2n) is 6.46. The maximum absolute atomic E-state index is 5.19. The van der Waals surface area contributed by atoms with Gasteiger partial charge >= 0.3 is 179 Å². The van der Waals surface area contributed by atoms with Crippen LogP contribution in [0.3, 0.4) is 0 Å². The average Bonchev–Trinajstić information content (AvgIpc) is 3.13. The minimum atomic E-state index is -1.13. The number of anilines is 1. The fraction of sp³-hybridized carbons (Fsp3) is 0.368. The van der Waals surface area contributed by atoms with Gasteiger partial charge in [0, 0.05) is 0 Å². The number of rotatable bonds is 3. The van der Waals surface area contributed by atoms with Gasteiger partial charge in [-0.1, -0.05) is 0 Å². The van der Waals surface area contributed by atoms with Gasteiger partial charge in [-0.25, -0.2) is 0 Å². The molecule has 134 valence electrons. The van der Waals surface area contributed by atoms with Gasteiger partial charge in [-0.2, -0.15) is 0 Å². The molecule has 2 aliphatic heterocycles. The van der Waals surface area contributed by atoms with E-state index in [4.69, 9.17) is 4.99 Å². The first-order chi connectivity index (χ1) is 12.1. The van der Waals surface area contributed by atoms with Crippen LogP contribution < -0.4 is 10.3 Å². The van der Waals surface area contributed by atoms with Gasteiger partial charge in [0.05, 0.1) is 0 Å². The van der Waals surface area contributed by atoms with E-state index >= 15 is 0 Å². The predicted octanol–water partition coefficient (Wildman–Crippen LogP) is 7.12. The van der Waals surface area contributed by atoms with Gasteiger partial charge in [0.15, 0.2) is 0 Å². The first-order valence-electron chi connectivity index (χ1n) is 8.61. The third-order valence-corrected chi connectivity index (χ3v) is 24.8. The topological polar surface area (TPSA) is 15.6 Å². The van der Waals surface area contributed by atoms with Crippen molar-refractivity contribution in [2.24, 2.45) is 4.99 Å². The summed E-state index contributed by atoms with van der Waals surface area (Å²) in [4.78, 5) is 9.28. The van der Waals surface area contributed by atoms with E-state index in [1.165, 1.54) is 63.2 Å². The summed E-state index contributed by atoms with van der Waals surface area (Å²) < 4.78 is 1.49. The average molecular weight is 690 g/mol. The van der Waals surface area contributed by atoms with Crippen LogP contribution in [-0.4, -0.2) is 13.1 Å². The van der Waals surface area contributed by atoms with Crippen molar-refractivity contribution in [1.82, 2.24) is 0 Å². The zero-order valence-electron chi connectivity index (χ0n) is 14.4. The number of hydrogen-bond acceptors (Lipinski definition) is 2. The zero-order chi connectivity index (χ0) is 17.6. The van der Waals surface area contributed by atoms with E-state index in [1.54, 1.807) is 0 Å². The van der Waals surface area contributed by atoms with E-state index < -0.39 is 10.5 Å². The summed E-state index contributed by atoms with van der Waals surface area (Å²) in [6.45, 7) is 6.89. The van der Waals surface area contributed by atoms with E-state index in [0.717, 1.165) is 6.42 Å². The van der Waals surface area contributed by atoms with E-state index in [-0.39, 0.29) is 7.66 Å². The Labute approximate surface area is 177 Å². The molecule has 0 aliphatic carbocycles. The molecule has 0 bridgehead atoms. The van der Waals surface area contributed by atoms with Gasteiger partial charge in [-0.3, -0.25) is 0 Å². The summed E-state index contributed by atoms with van der Waals surface area (Å²) >= 11 is 5.50. The Morgan fingerprint density at radius 2 is 1.96 bits per heavy atom. The monoisotopic (exact) mass is 690 g/mol. The molecule has 0 amide bonds. The Bertz CT molecular complexity index is 950. The molecular weight excluding hydrogens is 669 g/mol. The molecule has 6 heteroatoms. The molecule has 0 aromatic heterocycles. The van der Waals surface area contributed by atoms with E-state index in [0.29, 0.717) is 0 Å². The molecule has 0 radical (unpaired) electrons. The Morgan fingerprint density at radius 1 is 1.20 bits per heavy atom. The van der Waals surface area contributed by atoms with Crippen molar-refractivity contribution < 1.29 is 0 Å². The Hall–Kier alpha value is 0.580. The number of halogens is 3. The van der Waals surface area contributed by atoms with Crippen LogP contribution in [0.1, 0.15) is 30.9 Å². The molecule has 1 saturated heterocycles. The molecule has 2 nitrogen and oxygen atoms in total. The van der Waals surface area contributed by atoms with Crippen molar-refractivity contribution in [2.45, 2.75) is 38.0 Å². The first-order valence-corrected chi connectivity index (χ1v) is 24.9. The SMILES string of the molecule is CCc1cc(N2CCCC2)cc2c1N=c1c(C)cccc1=S2I(I)I. The van der Waals surface area contributed by atoms with Gasteiger partial charge in [-0.05, 0) is 0 Å². The van der Waals surface area contributed by atoms with E-state index in [1.807, 2.05) is 0 Å². The second-order valence-corrected chi connectivity index (χ2v) is 42.4. The third-order valence-electron chi connectivity index (χ3n) is 4.92. The van der Waals surface area contributed by atoms with Gasteiger partial charge in [0.2, 0.25) is 0 Å². The zero-order valence-corrected chi connectivity index (χ0v) is 21.6. The van der Waals surface area contributed by atoms with Gasteiger partial charge < -0.3 is 0 Å². The summed E-state index contributed by atoms with van der Waals surface area (Å²) in [5.41, 5.74) is 5.46. The number of nitrogens with zero attached hydrogens (tertiary/aromatic N) is 2. The van der Waals surface area contributed by atoms with Gasteiger partial charge in [0.1, 0.15) is 0 Å². The van der Waals surface area contributed by atoms with Crippen LogP contribution in [0, 0.1) is 11.4 Å². The summed E-state index contributed by atoms with van der Waals surface area (Å²) in [6.07, 6.45) is 3.71. The minimum absolute atomic E-state index is 0.231. The summed E-state index contributed by atoms with van der Waals surface area (Å²) in [6, 6.07) is 11.6. The van der Waals surface area contributed by atoms with Crippen molar-refractivity contribution in [2.75, 3.05) is 18.0 Å². The summed E-state index contributed by atoms with van der Waals surface area (Å²) in [5, 5.41) is 1.25. The van der Waals surface area contributed by atoms with Crippen molar-refractivity contribution in [3.8, 4) is 0 Å². The number of aryl methyl sites for hydroxylation is 2. The summed E-state index contributed by atoms with van der Waals surface area (Å²) in [5.74, 6) is 0. The maximum atomic E-state index is 5.19. The van der Waals surface area contributed by atoms with Crippen molar-refractivity contribution in [3.05, 3.63) is 51.3 Å². The van der Waals surface area contributed by atoms with Crippen LogP contribution in [0.4, 0.5) is 11.4 Å². The molecular formula is C19H21I3N2S. The molecule has 25 heavy (non-hydrogen) atoms. The molecule has 2 aliphatic rings. The van der Waals surface area contributed by atoms with Crippen molar-refractivity contribution in [3.63, 3.8) is 0 Å². The molecule has 2 aromatic carbocycles. The first kappa shape index (κ1) is 18.9. The van der Waals surface area contributed by atoms with Crippen LogP contribution in [0.25, 0.3) is 0 Å². The fourth-order valence-electron chi connectivity index (χ4n) is 3.62. The number of fused-ring (bicyclic) bond motifs is 2. The van der Waals surface area contributed by atoms with Crippen LogP contribution in [0.2, 0.25) is 0 Å². The molecule has 1 atom stereocenters. The molecule has 4 rings (SSSR count). The quantitative estimate of drug-likeness (QED) is 0.248. The van der Waals surface area contributed by atoms with E-state index in [9.17, 15) is 0 Å². The standard InChI is InChI=1S/C19H21I3N2S/c1-3-14-11-15(24-9-4-5-10-24)12-17-19(14)23-18-13(2)7-6-8-16(18)25(17)22(20)21/h6-8,11-12H,3-5,9-10H2,1-2H3. The van der Waals surface area contributed by atoms with Crippen LogP contribution in [0.5, 0.6) is 0 Å². The Kier molecular flexibility index (Phi) is 5.98. The Balaban J connectivity index is 2.04. The Morgan fingerprint density at radius 3 is 2.64 bits per heavy atom. The van der Waals surface area contributed by atoms with Crippen LogP contribution in [0.15, 0.2) is 40.2 Å². The predicted molar refractivity (Wildman–Crippen MR) is 136 cm³/mol. The number of hydrogen-bond donors (Lipinski definition) is 0.